The molecule has 1 saturated carbocycles. The highest BCUT2D eigenvalue weighted by molar-refractivity contribution is 5.10. The number of nitrogens with zero attached hydrogens (tertiary/aromatic N) is 2. The average molecular weight is 192 g/mol. The van der Waals surface area contributed by atoms with Crippen LogP contribution in [0.25, 0.3) is 0 Å². The fourth-order valence-corrected chi connectivity index (χ4v) is 2.51. The molecule has 4 heteroatoms. The molecule has 0 amide bonds. The molecule has 0 radical (unpaired) electrons. The topological polar surface area (TPSA) is 44.1 Å². The van der Waals surface area contributed by atoms with Gasteiger partial charge in [0.1, 0.15) is 6.10 Å². The molecule has 0 bridgehead atoms. The van der Waals surface area contributed by atoms with Crippen molar-refractivity contribution in [3.8, 4) is 6.01 Å². The Bertz CT molecular complexity index is 426. The van der Waals surface area contributed by atoms with Crippen molar-refractivity contribution >= 4 is 0 Å². The van der Waals surface area contributed by atoms with Crippen LogP contribution in [0.3, 0.4) is 0 Å². The zero-order valence-corrected chi connectivity index (χ0v) is 8.01. The number of hydrogen-bond donors (Lipinski definition) is 0. The quantitative estimate of drug-likeness (QED) is 0.615. The van der Waals surface area contributed by atoms with Crippen molar-refractivity contribution in [3.63, 3.8) is 0 Å². The van der Waals surface area contributed by atoms with Crippen LogP contribution in [-0.2, 0) is 0 Å². The third-order valence-electron chi connectivity index (χ3n) is 3.13. The molecule has 74 valence electrons. The van der Waals surface area contributed by atoms with Gasteiger partial charge in [0.05, 0.1) is 6.04 Å². The summed E-state index contributed by atoms with van der Waals surface area (Å²) in [7, 11) is 0. The predicted octanol–water partition coefficient (Wildman–Crippen LogP) is 0.975. The first-order chi connectivity index (χ1) is 6.74. The second kappa shape index (κ2) is 2.59. The lowest BCUT2D eigenvalue weighted by molar-refractivity contribution is 0.212. The minimum atomic E-state index is -0.218. The number of aromatic nitrogens is 2. The molecule has 1 aromatic heterocycles. The van der Waals surface area contributed by atoms with Crippen LogP contribution in [0.2, 0.25) is 0 Å². The first kappa shape index (κ1) is 8.03. The van der Waals surface area contributed by atoms with E-state index in [-0.39, 0.29) is 11.7 Å². The summed E-state index contributed by atoms with van der Waals surface area (Å²) in [5, 5.41) is 0. The highest BCUT2D eigenvalue weighted by atomic mass is 16.5. The van der Waals surface area contributed by atoms with Gasteiger partial charge in [0.25, 0.3) is 11.6 Å². The van der Waals surface area contributed by atoms with Crippen molar-refractivity contribution in [3.05, 3.63) is 22.6 Å². The largest absolute Gasteiger partial charge is 0.459 e. The van der Waals surface area contributed by atoms with Crippen LogP contribution in [0, 0.1) is 5.92 Å². The normalized spacial score (nSPS) is 33.6. The van der Waals surface area contributed by atoms with Crippen molar-refractivity contribution in [1.82, 2.24) is 9.55 Å². The van der Waals surface area contributed by atoms with E-state index in [0.717, 1.165) is 12.8 Å². The minimum absolute atomic E-state index is 0.218. The molecule has 4 nitrogen and oxygen atoms in total. The zero-order valence-electron chi connectivity index (χ0n) is 8.01. The van der Waals surface area contributed by atoms with Crippen LogP contribution >= 0.6 is 0 Å². The number of rotatable bonds is 0. The maximum atomic E-state index is 11.0. The number of hydrogen-bond acceptors (Lipinski definition) is 3. The van der Waals surface area contributed by atoms with Gasteiger partial charge in [-0.1, -0.05) is 6.92 Å². The summed E-state index contributed by atoms with van der Waals surface area (Å²) < 4.78 is 7.63. The van der Waals surface area contributed by atoms with Crippen molar-refractivity contribution in [2.45, 2.75) is 31.9 Å². The Morgan fingerprint density at radius 3 is 3.29 bits per heavy atom. The van der Waals surface area contributed by atoms with E-state index in [1.807, 2.05) is 4.57 Å². The molecule has 1 aromatic rings. The molecule has 1 aliphatic carbocycles. The van der Waals surface area contributed by atoms with E-state index in [9.17, 15) is 4.79 Å². The van der Waals surface area contributed by atoms with Crippen LogP contribution in [0.1, 0.15) is 25.8 Å². The molecule has 2 heterocycles. The van der Waals surface area contributed by atoms with Crippen LogP contribution < -0.4 is 10.3 Å². The average Bonchev–Trinajstić information content (AvgIpc) is 2.59. The monoisotopic (exact) mass is 192 g/mol. The SMILES string of the molecule is CC1CC2Oc3nc(=O)ccn3C2C1. The van der Waals surface area contributed by atoms with Gasteiger partial charge in [0.15, 0.2) is 0 Å². The summed E-state index contributed by atoms with van der Waals surface area (Å²) in [6.45, 7) is 2.23. The second-order valence-electron chi connectivity index (χ2n) is 4.26. The van der Waals surface area contributed by atoms with Gasteiger partial charge in [-0.3, -0.25) is 9.36 Å². The molecule has 14 heavy (non-hydrogen) atoms. The molecule has 3 rings (SSSR count). The van der Waals surface area contributed by atoms with Crippen molar-refractivity contribution in [2.24, 2.45) is 5.92 Å². The molecule has 3 unspecified atom stereocenters. The fraction of sp³-hybridized carbons (Fsp3) is 0.600. The zero-order chi connectivity index (χ0) is 9.71. The van der Waals surface area contributed by atoms with Gasteiger partial charge in [0, 0.05) is 12.3 Å². The van der Waals surface area contributed by atoms with Crippen LogP contribution in [0.4, 0.5) is 0 Å². The molecule has 0 N–H and O–H groups in total. The Kier molecular flexibility index (Phi) is 1.48. The molecule has 0 spiro atoms. The third-order valence-corrected chi connectivity index (χ3v) is 3.13. The second-order valence-corrected chi connectivity index (χ2v) is 4.26. The van der Waals surface area contributed by atoms with Crippen LogP contribution in [-0.4, -0.2) is 15.7 Å². The smallest absolute Gasteiger partial charge is 0.300 e. The lowest BCUT2D eigenvalue weighted by Crippen LogP contribution is -2.13. The standard InChI is InChI=1S/C10H12N2O2/c1-6-4-7-8(5-6)14-10-11-9(13)2-3-12(7)10/h2-3,6-8H,4-5H2,1H3. The Morgan fingerprint density at radius 1 is 1.57 bits per heavy atom. The molecular weight excluding hydrogens is 180 g/mol. The summed E-state index contributed by atoms with van der Waals surface area (Å²) in [6, 6.07) is 2.39. The van der Waals surface area contributed by atoms with E-state index >= 15 is 0 Å². The molecular formula is C10H12N2O2. The molecule has 3 atom stereocenters. The molecule has 2 aliphatic rings. The maximum Gasteiger partial charge on any atom is 0.300 e. The van der Waals surface area contributed by atoms with Gasteiger partial charge in [-0.05, 0) is 18.8 Å². The first-order valence-corrected chi connectivity index (χ1v) is 5.00. The minimum Gasteiger partial charge on any atom is -0.459 e. The Labute approximate surface area is 81.5 Å². The number of ether oxygens (including phenoxy) is 1. The van der Waals surface area contributed by atoms with Gasteiger partial charge in [-0.15, -0.1) is 0 Å². The highest BCUT2D eigenvalue weighted by Crippen LogP contribution is 2.42. The van der Waals surface area contributed by atoms with Gasteiger partial charge in [-0.25, -0.2) is 0 Å². The van der Waals surface area contributed by atoms with Crippen LogP contribution in [0.5, 0.6) is 6.01 Å². The van der Waals surface area contributed by atoms with Crippen LogP contribution in [0.15, 0.2) is 17.1 Å². The first-order valence-electron chi connectivity index (χ1n) is 5.00. The summed E-state index contributed by atoms with van der Waals surface area (Å²) in [4.78, 5) is 14.9. The molecule has 0 aromatic carbocycles. The Balaban J connectivity index is 2.05. The number of fused-ring (bicyclic) bond motifs is 3. The molecule has 1 aliphatic heterocycles. The lowest BCUT2D eigenvalue weighted by atomic mass is 10.1. The maximum absolute atomic E-state index is 11.0. The van der Waals surface area contributed by atoms with E-state index in [4.69, 9.17) is 4.74 Å². The molecule has 0 saturated heterocycles. The van der Waals surface area contributed by atoms with Crippen molar-refractivity contribution in [2.75, 3.05) is 0 Å². The predicted molar refractivity (Wildman–Crippen MR) is 50.3 cm³/mol. The van der Waals surface area contributed by atoms with E-state index in [0.29, 0.717) is 18.0 Å². The Morgan fingerprint density at radius 2 is 2.43 bits per heavy atom. The lowest BCUT2D eigenvalue weighted by Gasteiger charge is -2.08. The van der Waals surface area contributed by atoms with Gasteiger partial charge >= 0.3 is 0 Å². The van der Waals surface area contributed by atoms with E-state index in [2.05, 4.69) is 11.9 Å². The Hall–Kier alpha value is -1.32. The highest BCUT2D eigenvalue weighted by Gasteiger charge is 2.41. The third kappa shape index (κ3) is 0.997. The van der Waals surface area contributed by atoms with Gasteiger partial charge in [-0.2, -0.15) is 4.98 Å². The van der Waals surface area contributed by atoms with Crippen molar-refractivity contribution < 1.29 is 4.74 Å². The van der Waals surface area contributed by atoms with Gasteiger partial charge < -0.3 is 4.74 Å². The summed E-state index contributed by atoms with van der Waals surface area (Å²) in [5.41, 5.74) is -0.218. The van der Waals surface area contributed by atoms with E-state index in [1.54, 1.807) is 6.20 Å². The fourth-order valence-electron chi connectivity index (χ4n) is 2.51. The van der Waals surface area contributed by atoms with Crippen molar-refractivity contribution in [1.29, 1.82) is 0 Å². The molecule has 1 fully saturated rings. The summed E-state index contributed by atoms with van der Waals surface area (Å²) in [6.07, 6.45) is 4.23. The summed E-state index contributed by atoms with van der Waals surface area (Å²) in [5.74, 6) is 0.706. The summed E-state index contributed by atoms with van der Waals surface area (Å²) >= 11 is 0. The van der Waals surface area contributed by atoms with E-state index in [1.165, 1.54) is 6.07 Å². The van der Waals surface area contributed by atoms with Gasteiger partial charge in [0.2, 0.25) is 0 Å². The van der Waals surface area contributed by atoms with E-state index < -0.39 is 0 Å².